The highest BCUT2D eigenvalue weighted by molar-refractivity contribution is 5.90. The second kappa shape index (κ2) is 5.80. The molecule has 1 aliphatic rings. The molecule has 20 heavy (non-hydrogen) atoms. The lowest BCUT2D eigenvalue weighted by atomic mass is 9.74. The molecule has 0 unspecified atom stereocenters. The molecule has 0 spiro atoms. The van der Waals surface area contributed by atoms with Crippen LogP contribution in [0.5, 0.6) is 0 Å². The number of aliphatic hydroxyl groups is 1. The summed E-state index contributed by atoms with van der Waals surface area (Å²) >= 11 is 0. The van der Waals surface area contributed by atoms with Crippen molar-refractivity contribution in [3.63, 3.8) is 0 Å². The van der Waals surface area contributed by atoms with Crippen molar-refractivity contribution in [2.45, 2.75) is 32.1 Å². The van der Waals surface area contributed by atoms with Crippen molar-refractivity contribution < 1.29 is 5.11 Å². The number of hydrogen-bond acceptors (Lipinski definition) is 3. The highest BCUT2D eigenvalue weighted by Crippen LogP contribution is 2.36. The Bertz CT molecular complexity index is 571. The first kappa shape index (κ1) is 13.4. The Morgan fingerprint density at radius 3 is 2.70 bits per heavy atom. The van der Waals surface area contributed by atoms with Crippen LogP contribution < -0.4 is 5.32 Å². The van der Waals surface area contributed by atoms with Crippen molar-refractivity contribution in [3.8, 4) is 0 Å². The molecule has 3 nitrogen and oxygen atoms in total. The summed E-state index contributed by atoms with van der Waals surface area (Å²) in [5, 5.41) is 14.5. The fraction of sp³-hybridized carbons (Fsp3) is 0.471. The molecule has 0 radical (unpaired) electrons. The van der Waals surface area contributed by atoms with Crippen LogP contribution in [0, 0.1) is 5.41 Å². The Morgan fingerprint density at radius 1 is 1.10 bits per heavy atom. The zero-order chi connectivity index (χ0) is 13.8. The number of para-hydroxylation sites is 1. The van der Waals surface area contributed by atoms with Gasteiger partial charge in [0, 0.05) is 29.2 Å². The Balaban J connectivity index is 1.79. The average Bonchev–Trinajstić information content (AvgIpc) is 2.54. The predicted octanol–water partition coefficient (Wildman–Crippen LogP) is 3.59. The highest BCUT2D eigenvalue weighted by atomic mass is 16.3. The zero-order valence-corrected chi connectivity index (χ0v) is 11.8. The lowest BCUT2D eigenvalue weighted by Crippen LogP contribution is -2.35. The molecule has 0 amide bonds. The zero-order valence-electron chi connectivity index (χ0n) is 11.8. The van der Waals surface area contributed by atoms with Crippen LogP contribution in [0.1, 0.15) is 32.1 Å². The first-order chi connectivity index (χ1) is 9.83. The lowest BCUT2D eigenvalue weighted by molar-refractivity contribution is 0.0944. The number of nitrogens with one attached hydrogen (secondary N) is 1. The smallest absolute Gasteiger partial charge is 0.0722 e. The molecule has 3 rings (SSSR count). The number of nitrogens with zero attached hydrogens (tertiary/aromatic N) is 1. The molecule has 2 N–H and O–H groups in total. The fourth-order valence-electron chi connectivity index (χ4n) is 3.23. The van der Waals surface area contributed by atoms with Crippen LogP contribution in [0.4, 0.5) is 5.69 Å². The van der Waals surface area contributed by atoms with Crippen LogP contribution >= 0.6 is 0 Å². The SMILES string of the molecule is OCC1(CNc2ccnc3ccccc23)CCCCC1. The molecule has 0 atom stereocenters. The van der Waals surface area contributed by atoms with E-state index in [2.05, 4.69) is 16.4 Å². The van der Waals surface area contributed by atoms with Gasteiger partial charge in [-0.25, -0.2) is 0 Å². The molecule has 1 aliphatic carbocycles. The minimum atomic E-state index is 0.0582. The lowest BCUT2D eigenvalue weighted by Gasteiger charge is -2.36. The van der Waals surface area contributed by atoms with Gasteiger partial charge >= 0.3 is 0 Å². The number of benzene rings is 1. The van der Waals surface area contributed by atoms with Crippen molar-refractivity contribution in [2.24, 2.45) is 5.41 Å². The van der Waals surface area contributed by atoms with E-state index >= 15 is 0 Å². The van der Waals surface area contributed by atoms with Gasteiger partial charge in [0.2, 0.25) is 0 Å². The van der Waals surface area contributed by atoms with Crippen LogP contribution in [0.25, 0.3) is 10.9 Å². The van der Waals surface area contributed by atoms with Gasteiger partial charge in [-0.2, -0.15) is 0 Å². The van der Waals surface area contributed by atoms with Gasteiger partial charge in [-0.3, -0.25) is 4.98 Å². The second-order valence-electron chi connectivity index (χ2n) is 5.95. The minimum Gasteiger partial charge on any atom is -0.396 e. The van der Waals surface area contributed by atoms with Crippen molar-refractivity contribution >= 4 is 16.6 Å². The van der Waals surface area contributed by atoms with Crippen LogP contribution in [0.3, 0.4) is 0 Å². The number of rotatable bonds is 4. The van der Waals surface area contributed by atoms with Crippen molar-refractivity contribution in [1.29, 1.82) is 0 Å². The normalized spacial score (nSPS) is 18.1. The maximum Gasteiger partial charge on any atom is 0.0722 e. The summed E-state index contributed by atoms with van der Waals surface area (Å²) in [6.07, 6.45) is 7.87. The number of aliphatic hydroxyl groups excluding tert-OH is 1. The van der Waals surface area contributed by atoms with Gasteiger partial charge in [-0.15, -0.1) is 0 Å². The monoisotopic (exact) mass is 270 g/mol. The van der Waals surface area contributed by atoms with Gasteiger partial charge in [0.25, 0.3) is 0 Å². The first-order valence-corrected chi connectivity index (χ1v) is 7.52. The molecular weight excluding hydrogens is 248 g/mol. The maximum absolute atomic E-state index is 9.78. The summed E-state index contributed by atoms with van der Waals surface area (Å²) in [7, 11) is 0. The van der Waals surface area contributed by atoms with Gasteiger partial charge < -0.3 is 10.4 Å². The van der Waals surface area contributed by atoms with E-state index in [9.17, 15) is 5.11 Å². The molecule has 1 fully saturated rings. The highest BCUT2D eigenvalue weighted by Gasteiger charge is 2.31. The Morgan fingerprint density at radius 2 is 1.90 bits per heavy atom. The predicted molar refractivity (Wildman–Crippen MR) is 82.8 cm³/mol. The summed E-state index contributed by atoms with van der Waals surface area (Å²) in [4.78, 5) is 4.38. The number of hydrogen-bond donors (Lipinski definition) is 2. The number of aromatic nitrogens is 1. The number of pyridine rings is 1. The third-order valence-electron chi connectivity index (χ3n) is 4.55. The van der Waals surface area contributed by atoms with E-state index in [1.54, 1.807) is 0 Å². The first-order valence-electron chi connectivity index (χ1n) is 7.52. The van der Waals surface area contributed by atoms with Crippen LogP contribution in [0.15, 0.2) is 36.5 Å². The molecular formula is C17H22N2O. The molecule has 1 aromatic heterocycles. The Hall–Kier alpha value is -1.61. The van der Waals surface area contributed by atoms with E-state index in [0.717, 1.165) is 36.0 Å². The molecule has 0 bridgehead atoms. The van der Waals surface area contributed by atoms with E-state index in [-0.39, 0.29) is 12.0 Å². The van der Waals surface area contributed by atoms with E-state index in [1.807, 2.05) is 30.5 Å². The van der Waals surface area contributed by atoms with Crippen molar-refractivity contribution in [2.75, 3.05) is 18.5 Å². The van der Waals surface area contributed by atoms with Gasteiger partial charge in [-0.05, 0) is 25.0 Å². The summed E-state index contributed by atoms with van der Waals surface area (Å²) < 4.78 is 0. The van der Waals surface area contributed by atoms with Crippen molar-refractivity contribution in [1.82, 2.24) is 4.98 Å². The Labute approximate surface area is 120 Å². The van der Waals surface area contributed by atoms with Crippen LogP contribution in [0.2, 0.25) is 0 Å². The van der Waals surface area contributed by atoms with Crippen LogP contribution in [-0.4, -0.2) is 23.2 Å². The minimum absolute atomic E-state index is 0.0582. The molecule has 0 saturated heterocycles. The van der Waals surface area contributed by atoms with Gasteiger partial charge in [0.1, 0.15) is 0 Å². The maximum atomic E-state index is 9.78. The van der Waals surface area contributed by atoms with Crippen LogP contribution in [-0.2, 0) is 0 Å². The number of anilines is 1. The topological polar surface area (TPSA) is 45.1 Å². The quantitative estimate of drug-likeness (QED) is 0.892. The number of fused-ring (bicyclic) bond motifs is 1. The van der Waals surface area contributed by atoms with Gasteiger partial charge in [-0.1, -0.05) is 37.5 Å². The Kier molecular flexibility index (Phi) is 3.88. The summed E-state index contributed by atoms with van der Waals surface area (Å²) in [5.74, 6) is 0. The van der Waals surface area contributed by atoms with Gasteiger partial charge in [0.05, 0.1) is 12.1 Å². The third kappa shape index (κ3) is 2.63. The molecule has 3 heteroatoms. The summed E-state index contributed by atoms with van der Waals surface area (Å²) in [5.41, 5.74) is 2.19. The molecule has 1 saturated carbocycles. The second-order valence-corrected chi connectivity index (χ2v) is 5.95. The largest absolute Gasteiger partial charge is 0.396 e. The third-order valence-corrected chi connectivity index (χ3v) is 4.55. The van der Waals surface area contributed by atoms with E-state index in [4.69, 9.17) is 0 Å². The summed E-state index contributed by atoms with van der Waals surface area (Å²) in [6, 6.07) is 10.2. The van der Waals surface area contributed by atoms with E-state index < -0.39 is 0 Å². The standard InChI is InChI=1S/C17H22N2O/c20-13-17(9-4-1-5-10-17)12-19-16-8-11-18-15-7-3-2-6-14(15)16/h2-3,6-8,11,20H,1,4-5,9-10,12-13H2,(H,18,19). The van der Waals surface area contributed by atoms with Crippen molar-refractivity contribution in [3.05, 3.63) is 36.5 Å². The molecule has 0 aliphatic heterocycles. The van der Waals surface area contributed by atoms with Gasteiger partial charge in [0.15, 0.2) is 0 Å². The molecule has 2 aromatic rings. The van der Waals surface area contributed by atoms with E-state index in [1.165, 1.54) is 19.3 Å². The molecule has 106 valence electrons. The summed E-state index contributed by atoms with van der Waals surface area (Å²) in [6.45, 7) is 1.13. The molecule has 1 aromatic carbocycles. The van der Waals surface area contributed by atoms with E-state index in [0.29, 0.717) is 0 Å². The molecule has 1 heterocycles. The average molecular weight is 270 g/mol. The fourth-order valence-corrected chi connectivity index (χ4v) is 3.23.